The van der Waals surface area contributed by atoms with Crippen LogP contribution in [0.2, 0.25) is 0 Å². The summed E-state index contributed by atoms with van der Waals surface area (Å²) in [6.45, 7) is 1.63. The molecular weight excluding hydrogens is 286 g/mol. The molecule has 0 aliphatic carbocycles. The molecule has 0 aromatic heterocycles. The number of anilines is 1. The van der Waals surface area contributed by atoms with Crippen LogP contribution < -0.4 is 16.4 Å². The number of nitrogens with one attached hydrogen (secondary N) is 2. The molecule has 6 heteroatoms. The van der Waals surface area contributed by atoms with E-state index in [-0.39, 0.29) is 5.91 Å². The highest BCUT2D eigenvalue weighted by Gasteiger charge is 2.32. The molecule has 2 unspecified atom stereocenters. The van der Waals surface area contributed by atoms with Crippen LogP contribution in [0.1, 0.15) is 18.5 Å². The molecule has 1 aliphatic heterocycles. The van der Waals surface area contributed by atoms with Gasteiger partial charge >= 0.3 is 0 Å². The number of carbonyl (C=O) groups is 2. The zero-order valence-electron chi connectivity index (χ0n) is 9.16. The number of rotatable bonds is 3. The molecule has 0 fully saturated rings. The summed E-state index contributed by atoms with van der Waals surface area (Å²) in [6.07, 6.45) is 0. The SMILES string of the molecule is CC(NC1C(=O)Nc2ccc(Br)cc21)C(N)=O. The Kier molecular flexibility index (Phi) is 3.17. The number of carbonyl (C=O) groups excluding carboxylic acids is 2. The molecular formula is C11H12BrN3O2. The first kappa shape index (κ1) is 12.1. The van der Waals surface area contributed by atoms with E-state index >= 15 is 0 Å². The van der Waals surface area contributed by atoms with E-state index in [1.54, 1.807) is 6.92 Å². The summed E-state index contributed by atoms with van der Waals surface area (Å²) in [7, 11) is 0. The van der Waals surface area contributed by atoms with Crippen LogP contribution in [0.5, 0.6) is 0 Å². The number of hydrogen-bond acceptors (Lipinski definition) is 3. The molecule has 2 atom stereocenters. The second-order valence-electron chi connectivity index (χ2n) is 3.94. The Morgan fingerprint density at radius 2 is 2.29 bits per heavy atom. The molecule has 1 aromatic carbocycles. The van der Waals surface area contributed by atoms with Crippen LogP contribution in [0.4, 0.5) is 5.69 Å². The van der Waals surface area contributed by atoms with Gasteiger partial charge in [0.2, 0.25) is 11.8 Å². The molecule has 4 N–H and O–H groups in total. The van der Waals surface area contributed by atoms with Crippen molar-refractivity contribution in [2.24, 2.45) is 5.73 Å². The maximum absolute atomic E-state index is 11.8. The lowest BCUT2D eigenvalue weighted by molar-refractivity contribution is -0.121. The van der Waals surface area contributed by atoms with Gasteiger partial charge in [-0.1, -0.05) is 15.9 Å². The quantitative estimate of drug-likeness (QED) is 0.775. The average molecular weight is 298 g/mol. The lowest BCUT2D eigenvalue weighted by atomic mass is 10.1. The number of benzene rings is 1. The Morgan fingerprint density at radius 3 is 2.94 bits per heavy atom. The first-order valence-electron chi connectivity index (χ1n) is 5.14. The Hall–Kier alpha value is -1.40. The van der Waals surface area contributed by atoms with E-state index in [4.69, 9.17) is 5.73 Å². The van der Waals surface area contributed by atoms with Gasteiger partial charge in [0, 0.05) is 15.7 Å². The van der Waals surface area contributed by atoms with Crippen molar-refractivity contribution in [1.29, 1.82) is 0 Å². The summed E-state index contributed by atoms with van der Waals surface area (Å²) in [6, 6.07) is 4.41. The van der Waals surface area contributed by atoms with Crippen molar-refractivity contribution >= 4 is 33.4 Å². The molecule has 17 heavy (non-hydrogen) atoms. The standard InChI is InChI=1S/C11H12BrN3O2/c1-5(10(13)16)14-9-7-4-6(12)2-3-8(7)15-11(9)17/h2-5,9,14H,1H3,(H2,13,16)(H,15,17). The van der Waals surface area contributed by atoms with Crippen molar-refractivity contribution in [2.45, 2.75) is 19.0 Å². The first-order valence-corrected chi connectivity index (χ1v) is 5.94. The molecule has 0 saturated carbocycles. The third-order valence-corrected chi connectivity index (χ3v) is 3.18. The van der Waals surface area contributed by atoms with Crippen LogP contribution in [0.25, 0.3) is 0 Å². The molecule has 0 spiro atoms. The van der Waals surface area contributed by atoms with E-state index in [1.165, 1.54) is 0 Å². The lowest BCUT2D eigenvalue weighted by Gasteiger charge is -2.15. The highest BCUT2D eigenvalue weighted by molar-refractivity contribution is 9.10. The van der Waals surface area contributed by atoms with Gasteiger partial charge in [0.25, 0.3) is 0 Å². The second kappa shape index (κ2) is 4.46. The van der Waals surface area contributed by atoms with Crippen molar-refractivity contribution in [2.75, 3.05) is 5.32 Å². The molecule has 1 heterocycles. The minimum absolute atomic E-state index is 0.175. The molecule has 2 amide bonds. The number of amides is 2. The zero-order chi connectivity index (χ0) is 12.6. The summed E-state index contributed by atoms with van der Waals surface area (Å²) in [5.41, 5.74) is 6.74. The van der Waals surface area contributed by atoms with Crippen molar-refractivity contribution in [1.82, 2.24) is 5.32 Å². The van der Waals surface area contributed by atoms with Crippen molar-refractivity contribution < 1.29 is 9.59 Å². The van der Waals surface area contributed by atoms with Gasteiger partial charge in [0.1, 0.15) is 6.04 Å². The topological polar surface area (TPSA) is 84.2 Å². The predicted octanol–water partition coefficient (Wildman–Crippen LogP) is 0.906. The van der Waals surface area contributed by atoms with Gasteiger partial charge < -0.3 is 11.1 Å². The minimum atomic E-state index is -0.560. The maximum Gasteiger partial charge on any atom is 0.246 e. The molecule has 0 saturated heterocycles. The summed E-state index contributed by atoms with van der Waals surface area (Å²) in [4.78, 5) is 22.8. The summed E-state index contributed by atoms with van der Waals surface area (Å²) in [5.74, 6) is -0.660. The third kappa shape index (κ3) is 2.32. The Balaban J connectivity index is 2.28. The van der Waals surface area contributed by atoms with E-state index in [0.29, 0.717) is 0 Å². The monoisotopic (exact) mass is 297 g/mol. The van der Waals surface area contributed by atoms with Crippen molar-refractivity contribution in [3.05, 3.63) is 28.2 Å². The van der Waals surface area contributed by atoms with Gasteiger partial charge in [0.15, 0.2) is 0 Å². The number of fused-ring (bicyclic) bond motifs is 1. The van der Waals surface area contributed by atoms with Crippen LogP contribution in [0.15, 0.2) is 22.7 Å². The largest absolute Gasteiger partial charge is 0.368 e. The fourth-order valence-corrected chi connectivity index (χ4v) is 2.11. The Bertz CT molecular complexity index is 490. The molecule has 1 aliphatic rings. The maximum atomic E-state index is 11.8. The summed E-state index contributed by atoms with van der Waals surface area (Å²) < 4.78 is 0.881. The average Bonchev–Trinajstić information content (AvgIpc) is 2.55. The van der Waals surface area contributed by atoms with Crippen LogP contribution >= 0.6 is 15.9 Å². The molecule has 90 valence electrons. The summed E-state index contributed by atoms with van der Waals surface area (Å²) in [5, 5.41) is 5.65. The Morgan fingerprint density at radius 1 is 1.59 bits per heavy atom. The van der Waals surface area contributed by atoms with Crippen molar-refractivity contribution in [3.63, 3.8) is 0 Å². The van der Waals surface area contributed by atoms with Crippen LogP contribution in [0, 0.1) is 0 Å². The molecule has 5 nitrogen and oxygen atoms in total. The van der Waals surface area contributed by atoms with E-state index in [1.807, 2.05) is 18.2 Å². The van der Waals surface area contributed by atoms with Gasteiger partial charge in [-0.25, -0.2) is 0 Å². The van der Waals surface area contributed by atoms with Gasteiger partial charge in [0.05, 0.1) is 6.04 Å². The Labute approximate surface area is 107 Å². The van der Waals surface area contributed by atoms with Gasteiger partial charge in [-0.15, -0.1) is 0 Å². The zero-order valence-corrected chi connectivity index (χ0v) is 10.7. The van der Waals surface area contributed by atoms with Crippen molar-refractivity contribution in [3.8, 4) is 0 Å². The van der Waals surface area contributed by atoms with Gasteiger partial charge in [-0.05, 0) is 25.1 Å². The molecule has 0 radical (unpaired) electrons. The van der Waals surface area contributed by atoms with Gasteiger partial charge in [-0.2, -0.15) is 0 Å². The smallest absolute Gasteiger partial charge is 0.246 e. The third-order valence-electron chi connectivity index (χ3n) is 2.69. The fraction of sp³-hybridized carbons (Fsp3) is 0.273. The van der Waals surface area contributed by atoms with Crippen LogP contribution in [0.3, 0.4) is 0 Å². The normalized spacial score (nSPS) is 19.6. The predicted molar refractivity (Wildman–Crippen MR) is 67.3 cm³/mol. The van der Waals surface area contributed by atoms with Crippen LogP contribution in [-0.4, -0.2) is 17.9 Å². The highest BCUT2D eigenvalue weighted by atomic mass is 79.9. The van der Waals surface area contributed by atoms with E-state index in [9.17, 15) is 9.59 Å². The van der Waals surface area contributed by atoms with Gasteiger partial charge in [-0.3, -0.25) is 14.9 Å². The molecule has 1 aromatic rings. The molecule has 2 rings (SSSR count). The fourth-order valence-electron chi connectivity index (χ4n) is 1.73. The minimum Gasteiger partial charge on any atom is -0.368 e. The number of halogens is 1. The highest BCUT2D eigenvalue weighted by Crippen LogP contribution is 2.33. The number of primary amides is 1. The van der Waals surface area contributed by atoms with Crippen LogP contribution in [-0.2, 0) is 9.59 Å². The lowest BCUT2D eigenvalue weighted by Crippen LogP contribution is -2.42. The molecule has 0 bridgehead atoms. The van der Waals surface area contributed by atoms with E-state index in [2.05, 4.69) is 26.6 Å². The van der Waals surface area contributed by atoms with E-state index < -0.39 is 18.0 Å². The number of nitrogens with two attached hydrogens (primary N) is 1. The first-order chi connectivity index (χ1) is 7.99. The second-order valence-corrected chi connectivity index (χ2v) is 4.86. The summed E-state index contributed by atoms with van der Waals surface area (Å²) >= 11 is 3.35. The van der Waals surface area contributed by atoms with E-state index in [0.717, 1.165) is 15.7 Å². The number of hydrogen-bond donors (Lipinski definition) is 3.